The normalized spacial score (nSPS) is 10.0. The van der Waals surface area contributed by atoms with Gasteiger partial charge in [0.25, 0.3) is 0 Å². The van der Waals surface area contributed by atoms with Gasteiger partial charge in [0.1, 0.15) is 0 Å². The molecular weight excluding hydrogens is 247 g/mol. The molecule has 4 heteroatoms. The molecule has 0 fully saturated rings. The minimum Gasteiger partial charge on any atom is -0.142 e. The summed E-state index contributed by atoms with van der Waals surface area (Å²) in [4.78, 5) is 1.32. The summed E-state index contributed by atoms with van der Waals surface area (Å²) in [5.74, 6) is 0. The van der Waals surface area contributed by atoms with Crippen molar-refractivity contribution in [2.45, 2.75) is 17.8 Å². The van der Waals surface area contributed by atoms with Gasteiger partial charge in [0, 0.05) is 9.30 Å². The third-order valence-corrected chi connectivity index (χ3v) is 2.71. The Kier molecular flexibility index (Phi) is 2.84. The molecule has 9 heavy (non-hydrogen) atoms. The number of hydrogen-bond acceptors (Lipinski definition) is 3. The van der Waals surface area contributed by atoms with Gasteiger partial charge in [0.15, 0.2) is 0 Å². The Bertz CT molecular complexity index is 168. The van der Waals surface area contributed by atoms with Crippen LogP contribution in [0, 0.1) is 0 Å². The van der Waals surface area contributed by atoms with Gasteiger partial charge in [-0.15, -0.1) is 5.10 Å². The highest BCUT2D eigenvalue weighted by molar-refractivity contribution is 14.1. The smallest absolute Gasteiger partial charge is 0.0884 e. The van der Waals surface area contributed by atoms with Crippen LogP contribution in [0.5, 0.6) is 0 Å². The zero-order valence-corrected chi connectivity index (χ0v) is 8.07. The van der Waals surface area contributed by atoms with Gasteiger partial charge in [-0.1, -0.05) is 34.0 Å². The van der Waals surface area contributed by atoms with E-state index in [0.29, 0.717) is 0 Å². The molecule has 0 bridgehead atoms. The highest BCUT2D eigenvalue weighted by Gasteiger charge is 2.01. The molecule has 1 aromatic heterocycles. The van der Waals surface area contributed by atoms with Gasteiger partial charge in [-0.2, -0.15) is 0 Å². The summed E-state index contributed by atoms with van der Waals surface area (Å²) >= 11 is 3.81. The SMILES string of the molecule is CCc1snnc1CI. The summed E-state index contributed by atoms with van der Waals surface area (Å²) in [6, 6.07) is 0. The molecule has 0 aliphatic heterocycles. The lowest BCUT2D eigenvalue weighted by Gasteiger charge is -1.87. The Morgan fingerprint density at radius 3 is 2.89 bits per heavy atom. The van der Waals surface area contributed by atoms with Crippen molar-refractivity contribution in [1.82, 2.24) is 9.59 Å². The molecule has 0 amide bonds. The van der Waals surface area contributed by atoms with Gasteiger partial charge in [0.05, 0.1) is 5.69 Å². The topological polar surface area (TPSA) is 25.8 Å². The van der Waals surface area contributed by atoms with E-state index in [-0.39, 0.29) is 0 Å². The maximum Gasteiger partial charge on any atom is 0.0884 e. The monoisotopic (exact) mass is 254 g/mol. The first-order valence-electron chi connectivity index (χ1n) is 2.74. The van der Waals surface area contributed by atoms with E-state index in [4.69, 9.17) is 0 Å². The van der Waals surface area contributed by atoms with Crippen molar-refractivity contribution in [2.75, 3.05) is 0 Å². The summed E-state index contributed by atoms with van der Waals surface area (Å²) in [5, 5.41) is 3.97. The molecule has 0 aromatic carbocycles. The average Bonchev–Trinajstić information content (AvgIpc) is 2.33. The third kappa shape index (κ3) is 1.61. The molecule has 1 heterocycles. The van der Waals surface area contributed by atoms with E-state index in [2.05, 4.69) is 39.1 Å². The molecule has 0 aliphatic carbocycles. The zero-order valence-electron chi connectivity index (χ0n) is 5.09. The largest absolute Gasteiger partial charge is 0.142 e. The molecule has 0 N–H and O–H groups in total. The Labute approximate surface area is 72.0 Å². The Hall–Kier alpha value is 0.290. The Morgan fingerprint density at radius 1 is 1.67 bits per heavy atom. The summed E-state index contributed by atoms with van der Waals surface area (Å²) in [6.07, 6.45) is 1.07. The number of rotatable bonds is 2. The fraction of sp³-hybridized carbons (Fsp3) is 0.600. The molecule has 0 saturated heterocycles. The van der Waals surface area contributed by atoms with Gasteiger partial charge in [-0.3, -0.25) is 0 Å². The van der Waals surface area contributed by atoms with Gasteiger partial charge in [-0.25, -0.2) is 0 Å². The number of aromatic nitrogens is 2. The summed E-state index contributed by atoms with van der Waals surface area (Å²) < 4.78 is 4.83. The molecule has 2 nitrogen and oxygen atoms in total. The molecule has 0 unspecified atom stereocenters. The van der Waals surface area contributed by atoms with Crippen LogP contribution in [0.1, 0.15) is 17.5 Å². The van der Waals surface area contributed by atoms with Gasteiger partial charge in [0.2, 0.25) is 0 Å². The quantitative estimate of drug-likeness (QED) is 0.596. The molecule has 0 radical (unpaired) electrons. The van der Waals surface area contributed by atoms with Gasteiger partial charge >= 0.3 is 0 Å². The fourth-order valence-electron chi connectivity index (χ4n) is 0.597. The first kappa shape index (κ1) is 7.40. The number of halogens is 1. The van der Waals surface area contributed by atoms with Crippen molar-refractivity contribution in [3.63, 3.8) is 0 Å². The number of hydrogen-bond donors (Lipinski definition) is 0. The highest BCUT2D eigenvalue weighted by atomic mass is 127. The maximum atomic E-state index is 3.97. The number of nitrogens with zero attached hydrogens (tertiary/aromatic N) is 2. The van der Waals surface area contributed by atoms with E-state index in [1.165, 1.54) is 16.4 Å². The van der Waals surface area contributed by atoms with Gasteiger partial charge in [-0.05, 0) is 18.0 Å². The van der Waals surface area contributed by atoms with Crippen molar-refractivity contribution in [2.24, 2.45) is 0 Å². The second-order valence-corrected chi connectivity index (χ2v) is 3.23. The van der Waals surface area contributed by atoms with Crippen LogP contribution in [0.15, 0.2) is 0 Å². The standard InChI is InChI=1S/C5H7IN2S/c1-2-5-4(3-6)7-8-9-5/h2-3H2,1H3. The van der Waals surface area contributed by atoms with Crippen LogP contribution >= 0.6 is 34.1 Å². The van der Waals surface area contributed by atoms with E-state index in [1.807, 2.05) is 0 Å². The highest BCUT2D eigenvalue weighted by Crippen LogP contribution is 2.13. The van der Waals surface area contributed by atoms with Crippen LogP contribution in [0.25, 0.3) is 0 Å². The minimum absolute atomic E-state index is 0.984. The summed E-state index contributed by atoms with van der Waals surface area (Å²) in [7, 11) is 0. The molecule has 0 atom stereocenters. The average molecular weight is 254 g/mol. The van der Waals surface area contributed by atoms with Crippen LogP contribution in [0.2, 0.25) is 0 Å². The van der Waals surface area contributed by atoms with E-state index < -0.39 is 0 Å². The number of aryl methyl sites for hydroxylation is 1. The van der Waals surface area contributed by atoms with E-state index in [9.17, 15) is 0 Å². The number of alkyl halides is 1. The molecular formula is C5H7IN2S. The third-order valence-electron chi connectivity index (χ3n) is 1.08. The predicted octanol–water partition coefficient (Wildman–Crippen LogP) is 2.04. The lowest BCUT2D eigenvalue weighted by atomic mass is 10.3. The summed E-state index contributed by atoms with van der Waals surface area (Å²) in [5.41, 5.74) is 1.16. The van der Waals surface area contributed by atoms with Gasteiger partial charge < -0.3 is 0 Å². The lowest BCUT2D eigenvalue weighted by molar-refractivity contribution is 1.04. The van der Waals surface area contributed by atoms with Crippen LogP contribution in [0.4, 0.5) is 0 Å². The van der Waals surface area contributed by atoms with Crippen molar-refractivity contribution >= 4 is 34.1 Å². The second-order valence-electron chi connectivity index (χ2n) is 1.63. The lowest BCUT2D eigenvalue weighted by Crippen LogP contribution is -1.82. The second kappa shape index (κ2) is 3.46. The zero-order chi connectivity index (χ0) is 6.69. The van der Waals surface area contributed by atoms with Crippen molar-refractivity contribution in [3.05, 3.63) is 10.6 Å². The molecule has 0 spiro atoms. The van der Waals surface area contributed by atoms with Crippen molar-refractivity contribution < 1.29 is 0 Å². The Morgan fingerprint density at radius 2 is 2.44 bits per heavy atom. The van der Waals surface area contributed by atoms with E-state index in [1.54, 1.807) is 0 Å². The molecule has 1 rings (SSSR count). The predicted molar refractivity (Wildman–Crippen MR) is 47.0 cm³/mol. The van der Waals surface area contributed by atoms with E-state index in [0.717, 1.165) is 16.5 Å². The van der Waals surface area contributed by atoms with Crippen molar-refractivity contribution in [1.29, 1.82) is 0 Å². The first-order valence-corrected chi connectivity index (χ1v) is 5.04. The van der Waals surface area contributed by atoms with Crippen LogP contribution < -0.4 is 0 Å². The minimum atomic E-state index is 0.984. The van der Waals surface area contributed by atoms with Crippen LogP contribution in [-0.4, -0.2) is 9.59 Å². The molecule has 0 saturated carbocycles. The first-order chi connectivity index (χ1) is 4.38. The van der Waals surface area contributed by atoms with E-state index >= 15 is 0 Å². The van der Waals surface area contributed by atoms with Crippen molar-refractivity contribution in [3.8, 4) is 0 Å². The van der Waals surface area contributed by atoms with Crippen LogP contribution in [-0.2, 0) is 10.8 Å². The summed E-state index contributed by atoms with van der Waals surface area (Å²) in [6.45, 7) is 2.13. The Balaban J connectivity index is 2.85. The maximum absolute atomic E-state index is 3.97. The van der Waals surface area contributed by atoms with Crippen LogP contribution in [0.3, 0.4) is 0 Å². The fourth-order valence-corrected chi connectivity index (χ4v) is 2.05. The molecule has 50 valence electrons. The molecule has 0 aliphatic rings. The molecule has 1 aromatic rings.